The maximum Gasteiger partial charge on any atom is 0.309 e. The van der Waals surface area contributed by atoms with Crippen molar-refractivity contribution in [3.8, 4) is 0 Å². The molecule has 0 bridgehead atoms. The van der Waals surface area contributed by atoms with Crippen molar-refractivity contribution in [2.45, 2.75) is 19.4 Å². The molecule has 16 heavy (non-hydrogen) atoms. The molecule has 0 aliphatic carbocycles. The number of pyridine rings is 1. The van der Waals surface area contributed by atoms with Crippen molar-refractivity contribution in [1.82, 2.24) is 4.98 Å². The highest BCUT2D eigenvalue weighted by molar-refractivity contribution is 6.32. The summed E-state index contributed by atoms with van der Waals surface area (Å²) in [6, 6.07) is 0. The first-order valence-electron chi connectivity index (χ1n) is 4.33. The van der Waals surface area contributed by atoms with E-state index in [0.29, 0.717) is 0 Å². The van der Waals surface area contributed by atoms with Gasteiger partial charge in [-0.25, -0.2) is 8.78 Å². The highest BCUT2D eigenvalue weighted by Crippen LogP contribution is 2.30. The van der Waals surface area contributed by atoms with Gasteiger partial charge in [-0.15, -0.1) is 0 Å². The first-order chi connectivity index (χ1) is 7.47. The van der Waals surface area contributed by atoms with Crippen LogP contribution in [0, 0.1) is 0 Å². The number of hydrogen-bond donors (Lipinski definition) is 2. The van der Waals surface area contributed by atoms with E-state index in [2.05, 4.69) is 4.98 Å². The molecule has 3 N–H and O–H groups in total. The first-order valence-corrected chi connectivity index (χ1v) is 4.71. The van der Waals surface area contributed by atoms with Gasteiger partial charge in [-0.2, -0.15) is 0 Å². The number of alkyl halides is 2. The molecule has 0 amide bonds. The minimum Gasteiger partial charge on any atom is -0.481 e. The fourth-order valence-electron chi connectivity index (χ4n) is 1.24. The van der Waals surface area contributed by atoms with Crippen LogP contribution in [-0.4, -0.2) is 16.1 Å². The average molecular weight is 251 g/mol. The van der Waals surface area contributed by atoms with Gasteiger partial charge in [0.15, 0.2) is 0 Å². The molecule has 0 saturated heterocycles. The lowest BCUT2D eigenvalue weighted by molar-refractivity contribution is -0.136. The van der Waals surface area contributed by atoms with Crippen molar-refractivity contribution in [3.05, 3.63) is 28.0 Å². The van der Waals surface area contributed by atoms with Gasteiger partial charge < -0.3 is 10.8 Å². The summed E-state index contributed by atoms with van der Waals surface area (Å²) < 4.78 is 24.9. The molecule has 1 aromatic rings. The number of aliphatic carboxylic acids is 1. The molecule has 7 heteroatoms. The predicted octanol–water partition coefficient (Wildman–Crippen LogP) is 1.76. The van der Waals surface area contributed by atoms with Crippen LogP contribution in [0.1, 0.15) is 23.2 Å². The normalized spacial score (nSPS) is 10.8. The minimum absolute atomic E-state index is 0.115. The largest absolute Gasteiger partial charge is 0.481 e. The van der Waals surface area contributed by atoms with Gasteiger partial charge >= 0.3 is 5.97 Å². The Labute approximate surface area is 95.0 Å². The SMILES string of the molecule is NCc1c(CC(=O)O)ncc(C(F)F)c1Cl. The van der Waals surface area contributed by atoms with E-state index >= 15 is 0 Å². The summed E-state index contributed by atoms with van der Waals surface area (Å²) in [4.78, 5) is 14.1. The van der Waals surface area contributed by atoms with Crippen molar-refractivity contribution < 1.29 is 18.7 Å². The maximum absolute atomic E-state index is 12.5. The van der Waals surface area contributed by atoms with Crippen LogP contribution in [0.3, 0.4) is 0 Å². The molecule has 0 aliphatic rings. The molecule has 0 aliphatic heterocycles. The first kappa shape index (κ1) is 12.8. The van der Waals surface area contributed by atoms with Crippen LogP contribution in [0.5, 0.6) is 0 Å². The second kappa shape index (κ2) is 5.18. The zero-order valence-corrected chi connectivity index (χ0v) is 8.84. The second-order valence-electron chi connectivity index (χ2n) is 3.03. The van der Waals surface area contributed by atoms with Crippen LogP contribution < -0.4 is 5.73 Å². The van der Waals surface area contributed by atoms with Crippen molar-refractivity contribution in [2.75, 3.05) is 0 Å². The van der Waals surface area contributed by atoms with Gasteiger partial charge in [-0.05, 0) is 0 Å². The molecule has 0 aromatic carbocycles. The van der Waals surface area contributed by atoms with E-state index in [1.807, 2.05) is 0 Å². The summed E-state index contributed by atoms with van der Waals surface area (Å²) in [5, 5.41) is 8.38. The quantitative estimate of drug-likeness (QED) is 0.854. The lowest BCUT2D eigenvalue weighted by atomic mass is 10.1. The number of rotatable bonds is 4. The molecule has 0 saturated carbocycles. The number of nitrogens with zero attached hydrogens (tertiary/aromatic N) is 1. The van der Waals surface area contributed by atoms with E-state index in [1.54, 1.807) is 0 Å². The van der Waals surface area contributed by atoms with Crippen molar-refractivity contribution in [2.24, 2.45) is 5.73 Å². The summed E-state index contributed by atoms with van der Waals surface area (Å²) in [5.41, 5.74) is 5.17. The van der Waals surface area contributed by atoms with Crippen molar-refractivity contribution >= 4 is 17.6 Å². The molecule has 1 heterocycles. The van der Waals surface area contributed by atoms with Crippen LogP contribution in [0.4, 0.5) is 8.78 Å². The molecule has 0 spiro atoms. The molecule has 0 fully saturated rings. The monoisotopic (exact) mass is 250 g/mol. The Kier molecular flexibility index (Phi) is 4.14. The molecule has 88 valence electrons. The van der Waals surface area contributed by atoms with Gasteiger partial charge in [0.2, 0.25) is 0 Å². The fourth-order valence-corrected chi connectivity index (χ4v) is 1.56. The third-order valence-corrected chi connectivity index (χ3v) is 2.43. The third-order valence-electron chi connectivity index (χ3n) is 1.98. The zero-order valence-electron chi connectivity index (χ0n) is 8.08. The summed E-state index contributed by atoms with van der Waals surface area (Å²) in [6.07, 6.45) is -2.27. The van der Waals surface area contributed by atoms with Gasteiger partial charge in [0.25, 0.3) is 6.43 Å². The molecule has 0 atom stereocenters. The Morgan fingerprint density at radius 3 is 2.69 bits per heavy atom. The van der Waals surface area contributed by atoms with E-state index in [0.717, 1.165) is 6.20 Å². The topological polar surface area (TPSA) is 76.2 Å². The number of halogens is 3. The number of nitrogens with two attached hydrogens (primary N) is 1. The zero-order chi connectivity index (χ0) is 12.3. The smallest absolute Gasteiger partial charge is 0.309 e. The molecular formula is C9H9ClF2N2O2. The van der Waals surface area contributed by atoms with Crippen LogP contribution in [0.25, 0.3) is 0 Å². The average Bonchev–Trinajstić information content (AvgIpc) is 2.16. The number of carboxylic acids is 1. The Bertz CT molecular complexity index is 413. The molecule has 0 unspecified atom stereocenters. The van der Waals surface area contributed by atoms with E-state index < -0.39 is 24.4 Å². The molecule has 1 rings (SSSR count). The van der Waals surface area contributed by atoms with E-state index in [4.69, 9.17) is 22.4 Å². The fraction of sp³-hybridized carbons (Fsp3) is 0.333. The number of hydrogen-bond acceptors (Lipinski definition) is 3. The lowest BCUT2D eigenvalue weighted by Crippen LogP contribution is -2.11. The van der Waals surface area contributed by atoms with Gasteiger partial charge in [0, 0.05) is 18.3 Å². The molecule has 0 radical (unpaired) electrons. The van der Waals surface area contributed by atoms with E-state index in [-0.39, 0.29) is 22.8 Å². The highest BCUT2D eigenvalue weighted by atomic mass is 35.5. The Morgan fingerprint density at radius 2 is 2.25 bits per heavy atom. The Hall–Kier alpha value is -1.27. The van der Waals surface area contributed by atoms with Gasteiger partial charge in [0.05, 0.1) is 22.7 Å². The molecule has 1 aromatic heterocycles. The second-order valence-corrected chi connectivity index (χ2v) is 3.41. The van der Waals surface area contributed by atoms with E-state index in [9.17, 15) is 13.6 Å². The third kappa shape index (κ3) is 2.65. The minimum atomic E-state index is -2.76. The van der Waals surface area contributed by atoms with Crippen LogP contribution >= 0.6 is 11.6 Å². The number of carboxylic acid groups (broad SMARTS) is 1. The Balaban J connectivity index is 3.23. The summed E-state index contributed by atoms with van der Waals surface area (Å²) in [6.45, 7) is -0.130. The van der Waals surface area contributed by atoms with Crippen LogP contribution in [0.15, 0.2) is 6.20 Å². The van der Waals surface area contributed by atoms with Crippen molar-refractivity contribution in [3.63, 3.8) is 0 Å². The standard InChI is InChI=1S/C9H9ClF2N2O2/c10-8-4(2-13)6(1-7(15)16)14-3-5(8)9(11)12/h3,9H,1-2,13H2,(H,15,16). The predicted molar refractivity (Wildman–Crippen MR) is 53.4 cm³/mol. The van der Waals surface area contributed by atoms with Crippen LogP contribution in [-0.2, 0) is 17.8 Å². The van der Waals surface area contributed by atoms with E-state index in [1.165, 1.54) is 0 Å². The maximum atomic E-state index is 12.5. The van der Waals surface area contributed by atoms with Gasteiger partial charge in [-0.3, -0.25) is 9.78 Å². The Morgan fingerprint density at radius 1 is 1.62 bits per heavy atom. The summed E-state index contributed by atoms with van der Waals surface area (Å²) in [7, 11) is 0. The van der Waals surface area contributed by atoms with Crippen molar-refractivity contribution in [1.29, 1.82) is 0 Å². The molecule has 4 nitrogen and oxygen atoms in total. The summed E-state index contributed by atoms with van der Waals surface area (Å²) in [5.74, 6) is -1.12. The number of aromatic nitrogens is 1. The lowest BCUT2D eigenvalue weighted by Gasteiger charge is -2.10. The summed E-state index contributed by atoms with van der Waals surface area (Å²) >= 11 is 5.70. The van der Waals surface area contributed by atoms with Gasteiger partial charge in [0.1, 0.15) is 0 Å². The number of carbonyl (C=O) groups is 1. The molecular weight excluding hydrogens is 242 g/mol. The highest BCUT2D eigenvalue weighted by Gasteiger charge is 2.19. The van der Waals surface area contributed by atoms with Crippen LogP contribution in [0.2, 0.25) is 5.02 Å². The van der Waals surface area contributed by atoms with Gasteiger partial charge in [-0.1, -0.05) is 11.6 Å².